The van der Waals surface area contributed by atoms with E-state index in [1.165, 1.54) is 38.5 Å². The Labute approximate surface area is 117 Å². The molecule has 1 unspecified atom stereocenters. The van der Waals surface area contributed by atoms with Crippen molar-refractivity contribution in [3.05, 3.63) is 0 Å². The van der Waals surface area contributed by atoms with Gasteiger partial charge >= 0.3 is 0 Å². The third kappa shape index (κ3) is 3.63. The maximum Gasteiger partial charge on any atom is 0.233 e. The molecule has 1 saturated heterocycles. The van der Waals surface area contributed by atoms with Crippen LogP contribution in [0.4, 0.5) is 0 Å². The van der Waals surface area contributed by atoms with E-state index in [1.807, 2.05) is 11.8 Å². The summed E-state index contributed by atoms with van der Waals surface area (Å²) in [6, 6.07) is 0. The molecule has 1 aliphatic heterocycles. The molecule has 2 nitrogen and oxygen atoms in total. The molecule has 1 heterocycles. The molecule has 17 heavy (non-hydrogen) atoms. The van der Waals surface area contributed by atoms with Gasteiger partial charge in [0.1, 0.15) is 0 Å². The third-order valence-electron chi connectivity index (χ3n) is 4.06. The molecular weight excluding hydrogens is 298 g/mol. The van der Waals surface area contributed by atoms with Crippen molar-refractivity contribution in [3.8, 4) is 0 Å². The summed E-state index contributed by atoms with van der Waals surface area (Å²) in [5.74, 6) is 1.43. The first-order chi connectivity index (χ1) is 8.26. The molecule has 0 aromatic heterocycles. The van der Waals surface area contributed by atoms with Crippen LogP contribution in [-0.4, -0.2) is 28.8 Å². The van der Waals surface area contributed by atoms with Crippen LogP contribution in [0.2, 0.25) is 0 Å². The molecule has 4 heteroatoms. The first-order valence-corrected chi connectivity index (χ1v) is 8.88. The van der Waals surface area contributed by atoms with E-state index in [9.17, 15) is 4.79 Å². The monoisotopic (exact) mass is 319 g/mol. The number of hydrogen-bond acceptors (Lipinski definition) is 2. The van der Waals surface area contributed by atoms with Gasteiger partial charge in [0.2, 0.25) is 5.91 Å². The topological polar surface area (TPSA) is 29.1 Å². The summed E-state index contributed by atoms with van der Waals surface area (Å²) in [6.45, 7) is 0.869. The van der Waals surface area contributed by atoms with E-state index in [0.29, 0.717) is 5.41 Å². The lowest BCUT2D eigenvalue weighted by Gasteiger charge is -2.36. The molecule has 0 spiro atoms. The van der Waals surface area contributed by atoms with Crippen LogP contribution < -0.4 is 5.32 Å². The number of carbonyl (C=O) groups is 1. The molecule has 0 aromatic rings. The van der Waals surface area contributed by atoms with Gasteiger partial charge in [-0.15, -0.1) is 11.8 Å². The Morgan fingerprint density at radius 2 is 2.06 bits per heavy atom. The second kappa shape index (κ2) is 6.46. The van der Waals surface area contributed by atoms with Crippen LogP contribution >= 0.6 is 27.7 Å². The van der Waals surface area contributed by atoms with Crippen molar-refractivity contribution in [2.24, 2.45) is 5.41 Å². The second-order valence-electron chi connectivity index (χ2n) is 5.41. The number of alkyl halides is 1. The average molecular weight is 320 g/mol. The molecule has 1 amide bonds. The maximum atomic E-state index is 12.0. The highest BCUT2D eigenvalue weighted by Gasteiger charge is 2.32. The van der Waals surface area contributed by atoms with E-state index in [1.54, 1.807) is 0 Å². The molecule has 2 aliphatic rings. The summed E-state index contributed by atoms with van der Waals surface area (Å²) in [6.07, 6.45) is 8.79. The number of rotatable bonds is 4. The summed E-state index contributed by atoms with van der Waals surface area (Å²) in [5, 5.41) is 4.45. The van der Waals surface area contributed by atoms with E-state index in [-0.39, 0.29) is 11.2 Å². The van der Waals surface area contributed by atoms with E-state index in [2.05, 4.69) is 21.2 Å². The molecule has 1 atom stereocenters. The molecule has 1 aliphatic carbocycles. The lowest BCUT2D eigenvalue weighted by Crippen LogP contribution is -2.42. The van der Waals surface area contributed by atoms with Crippen molar-refractivity contribution in [3.63, 3.8) is 0 Å². The highest BCUT2D eigenvalue weighted by Crippen LogP contribution is 2.37. The lowest BCUT2D eigenvalue weighted by atomic mass is 9.75. The van der Waals surface area contributed by atoms with Crippen LogP contribution in [-0.2, 0) is 4.79 Å². The Morgan fingerprint density at radius 1 is 1.29 bits per heavy atom. The predicted octanol–water partition coefficient (Wildman–Crippen LogP) is 3.34. The number of amides is 1. The molecule has 0 bridgehead atoms. The molecule has 2 rings (SSSR count). The van der Waals surface area contributed by atoms with Crippen LogP contribution in [0.15, 0.2) is 0 Å². The Balaban J connectivity index is 1.80. The third-order valence-corrected chi connectivity index (χ3v) is 6.62. The first kappa shape index (κ1) is 13.7. The summed E-state index contributed by atoms with van der Waals surface area (Å²) in [5.41, 5.74) is 0.331. The Kier molecular flexibility index (Phi) is 5.22. The fourth-order valence-corrected chi connectivity index (χ4v) is 4.78. The number of hydrogen-bond donors (Lipinski definition) is 1. The molecular formula is C13H22BrNOS. The van der Waals surface area contributed by atoms with Crippen LogP contribution in [0.5, 0.6) is 0 Å². The fourth-order valence-electron chi connectivity index (χ4n) is 2.83. The number of halogens is 1. The van der Waals surface area contributed by atoms with E-state index in [0.717, 1.165) is 24.0 Å². The van der Waals surface area contributed by atoms with Crippen molar-refractivity contribution in [1.82, 2.24) is 5.32 Å². The lowest BCUT2D eigenvalue weighted by molar-refractivity contribution is -0.121. The van der Waals surface area contributed by atoms with Crippen molar-refractivity contribution < 1.29 is 4.79 Å². The molecule has 0 radical (unpaired) electrons. The van der Waals surface area contributed by atoms with E-state index in [4.69, 9.17) is 0 Å². The van der Waals surface area contributed by atoms with Crippen LogP contribution in [0.25, 0.3) is 0 Å². The SMILES string of the molecule is O=C(NCC1(CBr)CCCCC1)C1CCCS1. The van der Waals surface area contributed by atoms with Crippen molar-refractivity contribution in [2.75, 3.05) is 17.6 Å². The quantitative estimate of drug-likeness (QED) is 0.805. The summed E-state index contributed by atoms with van der Waals surface area (Å²) in [4.78, 5) is 12.0. The number of nitrogens with one attached hydrogen (secondary N) is 1. The standard InChI is InChI=1S/C13H22BrNOS/c14-9-13(6-2-1-3-7-13)10-15-12(16)11-5-4-8-17-11/h11H,1-10H2,(H,15,16). The van der Waals surface area contributed by atoms with Crippen LogP contribution in [0, 0.1) is 5.41 Å². The van der Waals surface area contributed by atoms with Gasteiger partial charge in [0.05, 0.1) is 5.25 Å². The predicted molar refractivity (Wildman–Crippen MR) is 77.8 cm³/mol. The minimum atomic E-state index is 0.228. The van der Waals surface area contributed by atoms with Gasteiger partial charge in [-0.05, 0) is 36.9 Å². The van der Waals surface area contributed by atoms with Crippen molar-refractivity contribution in [2.45, 2.75) is 50.2 Å². The molecule has 2 fully saturated rings. The van der Waals surface area contributed by atoms with Gasteiger partial charge in [0, 0.05) is 11.9 Å². The van der Waals surface area contributed by atoms with Gasteiger partial charge in [0.25, 0.3) is 0 Å². The van der Waals surface area contributed by atoms with E-state index < -0.39 is 0 Å². The summed E-state index contributed by atoms with van der Waals surface area (Å²) >= 11 is 5.47. The van der Waals surface area contributed by atoms with Gasteiger partial charge < -0.3 is 5.32 Å². The van der Waals surface area contributed by atoms with Gasteiger partial charge in [-0.3, -0.25) is 4.79 Å². The fraction of sp³-hybridized carbons (Fsp3) is 0.923. The van der Waals surface area contributed by atoms with Gasteiger partial charge in [0.15, 0.2) is 0 Å². The minimum Gasteiger partial charge on any atom is -0.355 e. The molecule has 0 aromatic carbocycles. The molecule has 98 valence electrons. The van der Waals surface area contributed by atoms with Gasteiger partial charge in [-0.1, -0.05) is 35.2 Å². The van der Waals surface area contributed by atoms with Crippen LogP contribution in [0.3, 0.4) is 0 Å². The van der Waals surface area contributed by atoms with E-state index >= 15 is 0 Å². The Hall–Kier alpha value is 0.300. The smallest absolute Gasteiger partial charge is 0.233 e. The number of carbonyl (C=O) groups excluding carboxylic acids is 1. The van der Waals surface area contributed by atoms with Gasteiger partial charge in [-0.25, -0.2) is 0 Å². The molecule has 1 N–H and O–H groups in total. The minimum absolute atomic E-state index is 0.228. The second-order valence-corrected chi connectivity index (χ2v) is 7.29. The largest absolute Gasteiger partial charge is 0.355 e. The van der Waals surface area contributed by atoms with Crippen molar-refractivity contribution >= 4 is 33.6 Å². The van der Waals surface area contributed by atoms with Gasteiger partial charge in [-0.2, -0.15) is 0 Å². The normalized spacial score (nSPS) is 27.9. The summed E-state index contributed by atoms with van der Waals surface area (Å²) in [7, 11) is 0. The highest BCUT2D eigenvalue weighted by atomic mass is 79.9. The van der Waals surface area contributed by atoms with Crippen LogP contribution in [0.1, 0.15) is 44.9 Å². The Morgan fingerprint density at radius 3 is 2.65 bits per heavy atom. The first-order valence-electron chi connectivity index (χ1n) is 6.71. The highest BCUT2D eigenvalue weighted by molar-refractivity contribution is 9.09. The molecule has 1 saturated carbocycles. The summed E-state index contributed by atoms with van der Waals surface area (Å²) < 4.78 is 0. The van der Waals surface area contributed by atoms with Crippen molar-refractivity contribution in [1.29, 1.82) is 0 Å². The number of thioether (sulfide) groups is 1. The zero-order chi connectivity index (χ0) is 12.1. The average Bonchev–Trinajstić information content (AvgIpc) is 2.91. The maximum absolute atomic E-state index is 12.0. The zero-order valence-corrected chi connectivity index (χ0v) is 12.7. The zero-order valence-electron chi connectivity index (χ0n) is 10.3. The Bertz CT molecular complexity index is 260.